The van der Waals surface area contributed by atoms with Crippen molar-refractivity contribution in [2.75, 3.05) is 20.1 Å². The monoisotopic (exact) mass is 390 g/mol. The van der Waals surface area contributed by atoms with E-state index < -0.39 is 0 Å². The van der Waals surface area contributed by atoms with Gasteiger partial charge in [0.15, 0.2) is 0 Å². The number of likely N-dealkylation sites (N-methyl/N-ethyl adjacent to an activating group) is 1. The number of nitrogens with zero attached hydrogens (tertiary/aromatic N) is 3. The van der Waals surface area contributed by atoms with Gasteiger partial charge in [-0.15, -0.1) is 12.4 Å². The lowest BCUT2D eigenvalue weighted by Gasteiger charge is -2.24. The Bertz CT molecular complexity index is 968. The Morgan fingerprint density at radius 1 is 1.33 bits per heavy atom. The SMILES string of the molecule is Cc1noc2nc(-c3ccc(F)cc3)cc(C(=O)N(C)C3CCNC3)c12.Cl. The number of carbonyl (C=O) groups excluding carboxylic acids is 1. The molecule has 0 spiro atoms. The third kappa shape index (κ3) is 3.52. The summed E-state index contributed by atoms with van der Waals surface area (Å²) in [5, 5.41) is 7.86. The minimum absolute atomic E-state index is 0. The van der Waals surface area contributed by atoms with Crippen LogP contribution in [0.3, 0.4) is 0 Å². The molecule has 1 aliphatic rings. The van der Waals surface area contributed by atoms with E-state index in [0.29, 0.717) is 33.6 Å². The average molecular weight is 391 g/mol. The van der Waals surface area contributed by atoms with E-state index in [9.17, 15) is 9.18 Å². The quantitative estimate of drug-likeness (QED) is 0.743. The highest BCUT2D eigenvalue weighted by Crippen LogP contribution is 2.28. The maximum absolute atomic E-state index is 13.2. The van der Waals surface area contributed by atoms with E-state index in [1.54, 1.807) is 30.0 Å². The number of nitrogens with one attached hydrogen (secondary N) is 1. The number of rotatable bonds is 3. The molecule has 6 nitrogen and oxygen atoms in total. The van der Waals surface area contributed by atoms with Crippen LogP contribution in [0, 0.1) is 12.7 Å². The summed E-state index contributed by atoms with van der Waals surface area (Å²) in [5.74, 6) is -0.420. The number of pyridine rings is 1. The maximum Gasteiger partial charge on any atom is 0.259 e. The van der Waals surface area contributed by atoms with Gasteiger partial charge in [0.25, 0.3) is 11.6 Å². The van der Waals surface area contributed by atoms with Gasteiger partial charge in [0.05, 0.1) is 22.3 Å². The zero-order valence-corrected chi connectivity index (χ0v) is 15.8. The fourth-order valence-corrected chi connectivity index (χ4v) is 3.36. The first-order valence-electron chi connectivity index (χ1n) is 8.55. The molecule has 3 aromatic rings. The Hall–Kier alpha value is -2.51. The second-order valence-corrected chi connectivity index (χ2v) is 6.57. The van der Waals surface area contributed by atoms with Gasteiger partial charge in [-0.2, -0.15) is 0 Å². The molecule has 142 valence electrons. The Kier molecular flexibility index (Phi) is 5.43. The normalized spacial score (nSPS) is 16.3. The third-order valence-corrected chi connectivity index (χ3v) is 4.89. The number of aryl methyl sites for hydroxylation is 1. The van der Waals surface area contributed by atoms with Crippen LogP contribution in [0.15, 0.2) is 34.9 Å². The summed E-state index contributed by atoms with van der Waals surface area (Å²) in [6.45, 7) is 3.48. The van der Waals surface area contributed by atoms with Crippen molar-refractivity contribution in [3.05, 3.63) is 47.4 Å². The van der Waals surface area contributed by atoms with Crippen molar-refractivity contribution in [2.24, 2.45) is 0 Å². The maximum atomic E-state index is 13.2. The van der Waals surface area contributed by atoms with E-state index in [2.05, 4.69) is 15.5 Å². The molecule has 8 heteroatoms. The summed E-state index contributed by atoms with van der Waals surface area (Å²) in [6.07, 6.45) is 0.921. The molecule has 1 fully saturated rings. The molecular weight excluding hydrogens is 371 g/mol. The van der Waals surface area contributed by atoms with Crippen molar-refractivity contribution < 1.29 is 13.7 Å². The van der Waals surface area contributed by atoms with Gasteiger partial charge in [-0.3, -0.25) is 4.79 Å². The fourth-order valence-electron chi connectivity index (χ4n) is 3.36. The van der Waals surface area contributed by atoms with E-state index >= 15 is 0 Å². The molecule has 0 bridgehead atoms. The standard InChI is InChI=1S/C19H19FN4O2.ClH/c1-11-17-15(19(25)24(2)14-7-8-21-10-14)9-16(22-18(17)26-23-11)12-3-5-13(20)6-4-12;/h3-6,9,14,21H,7-8,10H2,1-2H3;1H. The molecule has 1 N–H and O–H groups in total. The topological polar surface area (TPSA) is 71.3 Å². The van der Waals surface area contributed by atoms with E-state index in [1.165, 1.54) is 12.1 Å². The summed E-state index contributed by atoms with van der Waals surface area (Å²) >= 11 is 0. The molecule has 1 aromatic carbocycles. The van der Waals surface area contributed by atoms with E-state index in [4.69, 9.17) is 4.52 Å². The highest BCUT2D eigenvalue weighted by molar-refractivity contribution is 6.07. The minimum Gasteiger partial charge on any atom is -0.337 e. The first-order valence-corrected chi connectivity index (χ1v) is 8.55. The lowest BCUT2D eigenvalue weighted by Crippen LogP contribution is -2.38. The molecule has 4 rings (SSSR count). The molecule has 0 saturated carbocycles. The number of amides is 1. The van der Waals surface area contributed by atoms with Crippen molar-refractivity contribution >= 4 is 29.4 Å². The molecule has 1 amide bonds. The van der Waals surface area contributed by atoms with Crippen molar-refractivity contribution in [2.45, 2.75) is 19.4 Å². The van der Waals surface area contributed by atoms with Crippen LogP contribution in [-0.2, 0) is 0 Å². The Morgan fingerprint density at radius 3 is 2.74 bits per heavy atom. The summed E-state index contributed by atoms with van der Waals surface area (Å²) in [6, 6.07) is 7.88. The third-order valence-electron chi connectivity index (χ3n) is 4.89. The van der Waals surface area contributed by atoms with Gasteiger partial charge in [0, 0.05) is 25.2 Å². The van der Waals surface area contributed by atoms with Gasteiger partial charge >= 0.3 is 0 Å². The molecule has 1 atom stereocenters. The number of halogens is 2. The molecule has 1 unspecified atom stereocenters. The lowest BCUT2D eigenvalue weighted by molar-refractivity contribution is 0.0745. The van der Waals surface area contributed by atoms with Crippen LogP contribution in [0.4, 0.5) is 4.39 Å². The van der Waals surface area contributed by atoms with E-state index in [0.717, 1.165) is 19.5 Å². The van der Waals surface area contributed by atoms with Crippen molar-refractivity contribution in [3.8, 4) is 11.3 Å². The van der Waals surface area contributed by atoms with Crippen LogP contribution < -0.4 is 5.32 Å². The zero-order valence-electron chi connectivity index (χ0n) is 15.0. The molecule has 1 saturated heterocycles. The van der Waals surface area contributed by atoms with E-state index in [1.807, 2.05) is 7.05 Å². The summed E-state index contributed by atoms with van der Waals surface area (Å²) in [5.41, 5.74) is 2.70. The highest BCUT2D eigenvalue weighted by atomic mass is 35.5. The number of hydrogen-bond acceptors (Lipinski definition) is 5. The van der Waals surface area contributed by atoms with Gasteiger partial charge in [-0.1, -0.05) is 5.16 Å². The highest BCUT2D eigenvalue weighted by Gasteiger charge is 2.27. The smallest absolute Gasteiger partial charge is 0.259 e. The number of carbonyl (C=O) groups is 1. The first-order chi connectivity index (χ1) is 12.5. The van der Waals surface area contributed by atoms with Gasteiger partial charge in [-0.05, 0) is 50.2 Å². The van der Waals surface area contributed by atoms with Gasteiger partial charge in [0.1, 0.15) is 5.82 Å². The first kappa shape index (κ1) is 19.3. The largest absolute Gasteiger partial charge is 0.337 e. The van der Waals surface area contributed by atoms with Gasteiger partial charge in [-0.25, -0.2) is 9.37 Å². The summed E-state index contributed by atoms with van der Waals surface area (Å²) < 4.78 is 18.5. The summed E-state index contributed by atoms with van der Waals surface area (Å²) in [7, 11) is 1.81. The van der Waals surface area contributed by atoms with E-state index in [-0.39, 0.29) is 30.2 Å². The molecule has 0 radical (unpaired) electrons. The lowest BCUT2D eigenvalue weighted by atomic mass is 10.0. The minimum atomic E-state index is -0.324. The number of fused-ring (bicyclic) bond motifs is 1. The molecule has 2 aromatic heterocycles. The van der Waals surface area contributed by atoms with Crippen LogP contribution >= 0.6 is 12.4 Å². The Morgan fingerprint density at radius 2 is 2.07 bits per heavy atom. The van der Waals surface area contributed by atoms with Crippen LogP contribution in [-0.4, -0.2) is 47.1 Å². The van der Waals surface area contributed by atoms with Crippen LogP contribution in [0.25, 0.3) is 22.4 Å². The second-order valence-electron chi connectivity index (χ2n) is 6.57. The van der Waals surface area contributed by atoms with Crippen LogP contribution in [0.5, 0.6) is 0 Å². The predicted molar refractivity (Wildman–Crippen MR) is 103 cm³/mol. The van der Waals surface area contributed by atoms with Crippen LogP contribution in [0.1, 0.15) is 22.5 Å². The molecule has 1 aliphatic heterocycles. The number of aromatic nitrogens is 2. The molecular formula is C19H20ClFN4O2. The average Bonchev–Trinajstić information content (AvgIpc) is 3.31. The number of hydrogen-bond donors (Lipinski definition) is 1. The Balaban J connectivity index is 0.00000210. The van der Waals surface area contributed by atoms with Gasteiger partial charge in [0.2, 0.25) is 0 Å². The Labute approximate surface area is 162 Å². The molecule has 27 heavy (non-hydrogen) atoms. The molecule has 3 heterocycles. The fraction of sp³-hybridized carbons (Fsp3) is 0.316. The summed E-state index contributed by atoms with van der Waals surface area (Å²) in [4.78, 5) is 19.4. The van der Waals surface area contributed by atoms with Crippen molar-refractivity contribution in [1.82, 2.24) is 20.4 Å². The van der Waals surface area contributed by atoms with Crippen molar-refractivity contribution in [1.29, 1.82) is 0 Å². The zero-order chi connectivity index (χ0) is 18.3. The second kappa shape index (κ2) is 7.62. The predicted octanol–water partition coefficient (Wildman–Crippen LogP) is 3.19. The van der Waals surface area contributed by atoms with Gasteiger partial charge < -0.3 is 14.7 Å². The van der Waals surface area contributed by atoms with Crippen LogP contribution in [0.2, 0.25) is 0 Å². The van der Waals surface area contributed by atoms with Crippen molar-refractivity contribution in [3.63, 3.8) is 0 Å². The number of benzene rings is 1. The molecule has 0 aliphatic carbocycles.